The summed E-state index contributed by atoms with van der Waals surface area (Å²) in [6.45, 7) is 12.7. The first-order chi connectivity index (χ1) is 22.3. The monoisotopic (exact) mass is 626 g/mol. The predicted octanol–water partition coefficient (Wildman–Crippen LogP) is 9.75. The molecule has 46 heavy (non-hydrogen) atoms. The molecule has 0 aromatic heterocycles. The fourth-order valence-corrected chi connectivity index (χ4v) is 11.4. The molecule has 0 radical (unpaired) electrons. The van der Waals surface area contributed by atoms with Crippen LogP contribution >= 0.6 is 0 Å². The van der Waals surface area contributed by atoms with E-state index in [2.05, 4.69) is 174 Å². The van der Waals surface area contributed by atoms with E-state index in [0.717, 1.165) is 49.0 Å². The lowest BCUT2D eigenvalue weighted by Crippen LogP contribution is -2.66. The van der Waals surface area contributed by atoms with Crippen LogP contribution in [0.25, 0.3) is 0 Å². The van der Waals surface area contributed by atoms with Gasteiger partial charge in [-0.1, -0.05) is 184 Å². The van der Waals surface area contributed by atoms with Crippen LogP contribution in [-0.2, 0) is 14.8 Å². The van der Waals surface area contributed by atoms with Gasteiger partial charge in [0.05, 0.1) is 0 Å². The summed E-state index contributed by atoms with van der Waals surface area (Å²) >= 11 is 0. The molecule has 2 nitrogen and oxygen atoms in total. The average Bonchev–Trinajstić information content (AvgIpc) is 3.07. The summed E-state index contributed by atoms with van der Waals surface area (Å²) in [5.41, 5.74) is 5.29. The second kappa shape index (κ2) is 15.2. The van der Waals surface area contributed by atoms with E-state index in [4.69, 9.17) is 9.16 Å². The molecule has 0 fully saturated rings. The summed E-state index contributed by atoms with van der Waals surface area (Å²) in [6, 6.07) is 50.2. The highest BCUT2D eigenvalue weighted by Crippen LogP contribution is 2.41. The minimum Gasteiger partial charge on any atom is -0.407 e. The van der Waals surface area contributed by atoms with Gasteiger partial charge in [0.25, 0.3) is 8.32 Å². The molecule has 0 atom stereocenters. The average molecular weight is 627 g/mol. The molecule has 0 amide bonds. The molecule has 0 aliphatic heterocycles. The molecule has 238 valence electrons. The number of unbranched alkanes of at least 4 members (excludes halogenated alkanes) is 3. The topological polar surface area (TPSA) is 18.5 Å². The van der Waals surface area contributed by atoms with Crippen molar-refractivity contribution in [3.8, 4) is 0 Å². The van der Waals surface area contributed by atoms with Crippen molar-refractivity contribution in [3.63, 3.8) is 0 Å². The summed E-state index contributed by atoms with van der Waals surface area (Å²) in [7, 11) is -2.49. The van der Waals surface area contributed by atoms with Gasteiger partial charge in [0, 0.05) is 13.2 Å². The third kappa shape index (κ3) is 7.28. The van der Waals surface area contributed by atoms with Crippen LogP contribution in [0.4, 0.5) is 0 Å². The Hall–Kier alpha value is -3.76. The third-order valence-corrected chi connectivity index (χ3v) is 14.2. The molecule has 0 N–H and O–H groups in total. The second-order valence-electron chi connectivity index (χ2n) is 13.6. The van der Waals surface area contributed by atoms with E-state index >= 15 is 0 Å². The SMILES string of the molecule is Cc1ccc(C(OCCCCCCO[Si](c2ccccc2)(c2ccccc2)C(C)(C)C)(c2ccccc2)c2ccc(C)cc2)cc1. The van der Waals surface area contributed by atoms with E-state index in [0.29, 0.717) is 6.61 Å². The quantitative estimate of drug-likeness (QED) is 0.0694. The largest absolute Gasteiger partial charge is 0.407 e. The fourth-order valence-electron chi connectivity index (χ4n) is 6.77. The third-order valence-electron chi connectivity index (χ3n) is 9.19. The first-order valence-electron chi connectivity index (χ1n) is 16.9. The Balaban J connectivity index is 1.28. The second-order valence-corrected chi connectivity index (χ2v) is 17.9. The van der Waals surface area contributed by atoms with Crippen LogP contribution in [0, 0.1) is 13.8 Å². The zero-order chi connectivity index (χ0) is 32.5. The fraction of sp³-hybridized carbons (Fsp3) is 0.302. The minimum atomic E-state index is -2.49. The zero-order valence-electron chi connectivity index (χ0n) is 28.3. The van der Waals surface area contributed by atoms with Crippen molar-refractivity contribution in [1.82, 2.24) is 0 Å². The normalized spacial score (nSPS) is 12.3. The van der Waals surface area contributed by atoms with Crippen molar-refractivity contribution in [1.29, 1.82) is 0 Å². The highest BCUT2D eigenvalue weighted by Gasteiger charge is 2.50. The molecule has 0 aliphatic rings. The lowest BCUT2D eigenvalue weighted by atomic mass is 9.79. The molecule has 0 heterocycles. The Labute approximate surface area is 278 Å². The van der Waals surface area contributed by atoms with E-state index in [1.54, 1.807) is 0 Å². The number of rotatable bonds is 14. The molecule has 5 aromatic carbocycles. The summed E-state index contributed by atoms with van der Waals surface area (Å²) < 4.78 is 14.2. The van der Waals surface area contributed by atoms with Gasteiger partial charge in [-0.25, -0.2) is 0 Å². The van der Waals surface area contributed by atoms with Crippen molar-refractivity contribution in [2.24, 2.45) is 0 Å². The van der Waals surface area contributed by atoms with Gasteiger partial charge in [0.1, 0.15) is 5.60 Å². The maximum atomic E-state index is 7.13. The highest BCUT2D eigenvalue weighted by atomic mass is 28.4. The van der Waals surface area contributed by atoms with Crippen LogP contribution in [0.1, 0.15) is 74.3 Å². The van der Waals surface area contributed by atoms with E-state index < -0.39 is 13.9 Å². The van der Waals surface area contributed by atoms with Crippen LogP contribution in [0.3, 0.4) is 0 Å². The lowest BCUT2D eigenvalue weighted by molar-refractivity contribution is 0.0105. The lowest BCUT2D eigenvalue weighted by Gasteiger charge is -2.43. The number of benzene rings is 5. The van der Waals surface area contributed by atoms with Crippen LogP contribution < -0.4 is 10.4 Å². The van der Waals surface area contributed by atoms with Crippen LogP contribution in [0.15, 0.2) is 140 Å². The Morgan fingerprint density at radius 1 is 0.457 bits per heavy atom. The molecule has 0 unspecified atom stereocenters. The Kier molecular flexibility index (Phi) is 11.1. The van der Waals surface area contributed by atoms with Crippen LogP contribution in [0.2, 0.25) is 5.04 Å². The highest BCUT2D eigenvalue weighted by molar-refractivity contribution is 6.99. The maximum absolute atomic E-state index is 7.13. The molecule has 0 bridgehead atoms. The number of hydrogen-bond acceptors (Lipinski definition) is 2. The van der Waals surface area contributed by atoms with E-state index in [1.807, 2.05) is 0 Å². The van der Waals surface area contributed by atoms with Crippen molar-refractivity contribution >= 4 is 18.7 Å². The van der Waals surface area contributed by atoms with Crippen molar-refractivity contribution in [3.05, 3.63) is 167 Å². The molecule has 5 rings (SSSR count). The molecule has 0 saturated carbocycles. The van der Waals surface area contributed by atoms with Gasteiger partial charge in [0.15, 0.2) is 0 Å². The van der Waals surface area contributed by atoms with Crippen molar-refractivity contribution < 1.29 is 9.16 Å². The van der Waals surface area contributed by atoms with Gasteiger partial charge in [-0.3, -0.25) is 0 Å². The number of aryl methyl sites for hydroxylation is 2. The van der Waals surface area contributed by atoms with Gasteiger partial charge >= 0.3 is 0 Å². The van der Waals surface area contributed by atoms with Crippen molar-refractivity contribution in [2.75, 3.05) is 13.2 Å². The summed E-state index contributed by atoms with van der Waals surface area (Å²) in [5.74, 6) is 0. The van der Waals surface area contributed by atoms with E-state index in [-0.39, 0.29) is 5.04 Å². The number of ether oxygens (including phenoxy) is 1. The smallest absolute Gasteiger partial charge is 0.261 e. The van der Waals surface area contributed by atoms with Gasteiger partial charge in [0.2, 0.25) is 0 Å². The molecule has 5 aromatic rings. The number of hydrogen-bond donors (Lipinski definition) is 0. The molecule has 0 saturated heterocycles. The first kappa shape index (κ1) is 33.6. The maximum Gasteiger partial charge on any atom is 0.261 e. The molecule has 0 aliphatic carbocycles. The molecule has 3 heteroatoms. The van der Waals surface area contributed by atoms with E-state index in [1.165, 1.54) is 21.5 Å². The van der Waals surface area contributed by atoms with Gasteiger partial charge in [-0.15, -0.1) is 0 Å². The first-order valence-corrected chi connectivity index (χ1v) is 18.8. The Morgan fingerprint density at radius 2 is 0.848 bits per heavy atom. The van der Waals surface area contributed by atoms with Crippen LogP contribution in [0.5, 0.6) is 0 Å². The molecule has 0 spiro atoms. The van der Waals surface area contributed by atoms with Gasteiger partial charge in [-0.2, -0.15) is 0 Å². The molecular formula is C43H50O2Si. The van der Waals surface area contributed by atoms with Gasteiger partial charge < -0.3 is 9.16 Å². The van der Waals surface area contributed by atoms with Crippen LogP contribution in [-0.4, -0.2) is 21.5 Å². The summed E-state index contributed by atoms with van der Waals surface area (Å²) in [5, 5.41) is 2.68. The summed E-state index contributed by atoms with van der Waals surface area (Å²) in [4.78, 5) is 0. The Bertz CT molecular complexity index is 1520. The van der Waals surface area contributed by atoms with E-state index in [9.17, 15) is 0 Å². The predicted molar refractivity (Wildman–Crippen MR) is 197 cm³/mol. The molecular weight excluding hydrogens is 577 g/mol. The minimum absolute atomic E-state index is 0.00370. The van der Waals surface area contributed by atoms with Gasteiger partial charge in [-0.05, 0) is 58.8 Å². The Morgan fingerprint density at radius 3 is 1.28 bits per heavy atom. The zero-order valence-corrected chi connectivity index (χ0v) is 29.3. The van der Waals surface area contributed by atoms with Crippen molar-refractivity contribution in [2.45, 2.75) is 70.9 Å². The summed E-state index contributed by atoms with van der Waals surface area (Å²) in [6.07, 6.45) is 4.22. The standard InChI is InChI=1S/C43H50O2Si/c1-35-25-29-38(30-26-35)43(37-19-11-8-12-20-37,39-31-27-36(2)28-32-39)44-33-17-6-7-18-34-45-46(42(3,4)5,40-21-13-9-14-22-40)41-23-15-10-16-24-41/h8-16,19-32H,6-7,17-18,33-34H2,1-5H3.